The molecule has 2 nitrogen and oxygen atoms in total. The van der Waals surface area contributed by atoms with Crippen LogP contribution in [-0.2, 0) is 0 Å². The number of hydrogen-bond donors (Lipinski definition) is 1. The minimum atomic E-state index is 0.618. The molecule has 1 unspecified atom stereocenters. The Morgan fingerprint density at radius 3 is 2.61 bits per heavy atom. The lowest BCUT2D eigenvalue weighted by atomic mass is 9.88. The number of nitrogens with one attached hydrogen (secondary N) is 1. The van der Waals surface area contributed by atoms with E-state index in [2.05, 4.69) is 31.0 Å². The van der Waals surface area contributed by atoms with Crippen molar-refractivity contribution >= 4 is 0 Å². The van der Waals surface area contributed by atoms with Crippen molar-refractivity contribution in [3.63, 3.8) is 0 Å². The third-order valence-corrected chi connectivity index (χ3v) is 4.73. The van der Waals surface area contributed by atoms with E-state index in [-0.39, 0.29) is 0 Å². The Hall–Kier alpha value is -0.0800. The molecular weight excluding hydrogens is 220 g/mol. The van der Waals surface area contributed by atoms with Gasteiger partial charge in [-0.2, -0.15) is 0 Å². The third-order valence-electron chi connectivity index (χ3n) is 4.73. The van der Waals surface area contributed by atoms with E-state index in [4.69, 9.17) is 0 Å². The van der Waals surface area contributed by atoms with Crippen molar-refractivity contribution in [3.05, 3.63) is 0 Å². The zero-order valence-corrected chi connectivity index (χ0v) is 12.7. The van der Waals surface area contributed by atoms with E-state index in [1.54, 1.807) is 0 Å². The number of nitrogens with zero attached hydrogens (tertiary/aromatic N) is 1. The first-order valence-corrected chi connectivity index (χ1v) is 8.03. The third kappa shape index (κ3) is 4.24. The molecule has 2 heteroatoms. The highest BCUT2D eigenvalue weighted by Gasteiger charge is 2.31. The van der Waals surface area contributed by atoms with Gasteiger partial charge in [-0.3, -0.25) is 0 Å². The van der Waals surface area contributed by atoms with Crippen LogP contribution >= 0.6 is 0 Å². The summed E-state index contributed by atoms with van der Waals surface area (Å²) >= 11 is 0. The van der Waals surface area contributed by atoms with Crippen LogP contribution in [0.5, 0.6) is 0 Å². The Morgan fingerprint density at radius 1 is 1.22 bits per heavy atom. The molecule has 2 aliphatic rings. The SMILES string of the molecule is CC(C)CC1CN(CC2(C)CCCC2)CCCN1. The van der Waals surface area contributed by atoms with Crippen LogP contribution in [0.15, 0.2) is 0 Å². The maximum atomic E-state index is 3.74. The zero-order chi connectivity index (χ0) is 13.0. The van der Waals surface area contributed by atoms with Crippen molar-refractivity contribution in [2.45, 2.75) is 65.3 Å². The van der Waals surface area contributed by atoms with Crippen LogP contribution in [-0.4, -0.2) is 37.1 Å². The standard InChI is InChI=1S/C16H32N2/c1-14(2)11-15-12-18(10-6-9-17-15)13-16(3)7-4-5-8-16/h14-15,17H,4-13H2,1-3H3. The summed E-state index contributed by atoms with van der Waals surface area (Å²) in [6.07, 6.45) is 8.46. The zero-order valence-electron chi connectivity index (χ0n) is 12.7. The van der Waals surface area contributed by atoms with Gasteiger partial charge in [0.2, 0.25) is 0 Å². The molecule has 1 saturated carbocycles. The van der Waals surface area contributed by atoms with Crippen molar-refractivity contribution in [2.75, 3.05) is 26.2 Å². The van der Waals surface area contributed by atoms with Crippen molar-refractivity contribution < 1.29 is 0 Å². The predicted molar refractivity (Wildman–Crippen MR) is 78.9 cm³/mol. The molecule has 18 heavy (non-hydrogen) atoms. The smallest absolute Gasteiger partial charge is 0.0197 e. The second kappa shape index (κ2) is 6.38. The van der Waals surface area contributed by atoms with Gasteiger partial charge in [0.05, 0.1) is 0 Å². The molecule has 0 aromatic carbocycles. The summed E-state index contributed by atoms with van der Waals surface area (Å²) in [5.41, 5.74) is 0.618. The van der Waals surface area contributed by atoms with Crippen LogP contribution in [0.4, 0.5) is 0 Å². The Morgan fingerprint density at radius 2 is 1.94 bits per heavy atom. The van der Waals surface area contributed by atoms with Crippen LogP contribution in [0.2, 0.25) is 0 Å². The lowest BCUT2D eigenvalue weighted by Crippen LogP contribution is -2.42. The van der Waals surface area contributed by atoms with Crippen LogP contribution in [0.1, 0.15) is 59.3 Å². The predicted octanol–water partition coefficient (Wildman–Crippen LogP) is 3.28. The fraction of sp³-hybridized carbons (Fsp3) is 1.00. The molecule has 0 radical (unpaired) electrons. The van der Waals surface area contributed by atoms with E-state index in [1.165, 1.54) is 64.7 Å². The summed E-state index contributed by atoms with van der Waals surface area (Å²) < 4.78 is 0. The van der Waals surface area contributed by atoms with Crippen molar-refractivity contribution in [1.29, 1.82) is 0 Å². The molecule has 1 aliphatic heterocycles. The molecule has 0 amide bonds. The largest absolute Gasteiger partial charge is 0.313 e. The molecule has 0 aromatic heterocycles. The molecule has 0 spiro atoms. The van der Waals surface area contributed by atoms with Gasteiger partial charge in [0, 0.05) is 19.1 Å². The first-order valence-electron chi connectivity index (χ1n) is 8.03. The topological polar surface area (TPSA) is 15.3 Å². The summed E-state index contributed by atoms with van der Waals surface area (Å²) in [7, 11) is 0. The highest BCUT2D eigenvalue weighted by Crippen LogP contribution is 2.38. The molecule has 1 heterocycles. The van der Waals surface area contributed by atoms with Crippen molar-refractivity contribution in [1.82, 2.24) is 10.2 Å². The fourth-order valence-corrected chi connectivity index (χ4v) is 3.87. The summed E-state index contributed by atoms with van der Waals surface area (Å²) in [6.45, 7) is 12.3. The lowest BCUT2D eigenvalue weighted by molar-refractivity contribution is 0.161. The Labute approximate surface area is 114 Å². The fourth-order valence-electron chi connectivity index (χ4n) is 3.87. The van der Waals surface area contributed by atoms with Gasteiger partial charge in [-0.15, -0.1) is 0 Å². The van der Waals surface area contributed by atoms with Crippen molar-refractivity contribution in [3.8, 4) is 0 Å². The molecule has 1 saturated heterocycles. The van der Waals surface area contributed by atoms with Gasteiger partial charge in [-0.25, -0.2) is 0 Å². The summed E-state index contributed by atoms with van der Waals surface area (Å²) in [6, 6.07) is 0.720. The maximum absolute atomic E-state index is 3.74. The Balaban J connectivity index is 1.86. The van der Waals surface area contributed by atoms with E-state index in [0.717, 1.165) is 12.0 Å². The number of rotatable bonds is 4. The Kier molecular flexibility index (Phi) is 5.08. The first-order chi connectivity index (χ1) is 8.57. The van der Waals surface area contributed by atoms with E-state index in [9.17, 15) is 0 Å². The molecule has 0 aromatic rings. The van der Waals surface area contributed by atoms with E-state index >= 15 is 0 Å². The minimum Gasteiger partial charge on any atom is -0.313 e. The van der Waals surface area contributed by atoms with Crippen molar-refractivity contribution in [2.24, 2.45) is 11.3 Å². The van der Waals surface area contributed by atoms with E-state index in [0.29, 0.717) is 5.41 Å². The van der Waals surface area contributed by atoms with Gasteiger partial charge in [0.15, 0.2) is 0 Å². The molecule has 0 bridgehead atoms. The van der Waals surface area contributed by atoms with Gasteiger partial charge >= 0.3 is 0 Å². The molecule has 2 fully saturated rings. The summed E-state index contributed by atoms with van der Waals surface area (Å²) in [4.78, 5) is 2.75. The minimum absolute atomic E-state index is 0.618. The average molecular weight is 252 g/mol. The summed E-state index contributed by atoms with van der Waals surface area (Å²) in [5.74, 6) is 0.810. The normalized spacial score (nSPS) is 29.7. The second-order valence-electron chi connectivity index (χ2n) is 7.39. The van der Waals surface area contributed by atoms with E-state index < -0.39 is 0 Å². The molecule has 106 valence electrons. The van der Waals surface area contributed by atoms with Gasteiger partial charge in [0.25, 0.3) is 0 Å². The van der Waals surface area contributed by atoms with Crippen LogP contribution in [0, 0.1) is 11.3 Å². The quantitative estimate of drug-likeness (QED) is 0.826. The van der Waals surface area contributed by atoms with Crippen LogP contribution in [0.3, 0.4) is 0 Å². The molecule has 1 atom stereocenters. The van der Waals surface area contributed by atoms with Gasteiger partial charge in [-0.1, -0.05) is 33.6 Å². The Bertz CT molecular complexity index is 243. The van der Waals surface area contributed by atoms with Gasteiger partial charge in [-0.05, 0) is 50.1 Å². The second-order valence-corrected chi connectivity index (χ2v) is 7.39. The average Bonchev–Trinajstić information content (AvgIpc) is 2.58. The highest BCUT2D eigenvalue weighted by molar-refractivity contribution is 4.86. The molecular formula is C16H32N2. The monoisotopic (exact) mass is 252 g/mol. The van der Waals surface area contributed by atoms with E-state index in [1.807, 2.05) is 0 Å². The maximum Gasteiger partial charge on any atom is 0.0197 e. The lowest BCUT2D eigenvalue weighted by Gasteiger charge is -2.33. The summed E-state index contributed by atoms with van der Waals surface area (Å²) in [5, 5.41) is 3.74. The van der Waals surface area contributed by atoms with Crippen LogP contribution < -0.4 is 5.32 Å². The van der Waals surface area contributed by atoms with Crippen LogP contribution in [0.25, 0.3) is 0 Å². The molecule has 1 aliphatic carbocycles. The molecule has 1 N–H and O–H groups in total. The molecule has 2 rings (SSSR count). The number of hydrogen-bond acceptors (Lipinski definition) is 2. The van der Waals surface area contributed by atoms with Gasteiger partial charge < -0.3 is 10.2 Å². The first kappa shape index (κ1) is 14.3. The van der Waals surface area contributed by atoms with Gasteiger partial charge in [0.1, 0.15) is 0 Å². The highest BCUT2D eigenvalue weighted by atomic mass is 15.2.